The van der Waals surface area contributed by atoms with Crippen molar-refractivity contribution < 1.29 is 19.8 Å². The Balaban J connectivity index is 2.18. The van der Waals surface area contributed by atoms with E-state index in [1.807, 2.05) is 0 Å². The Morgan fingerprint density at radius 3 is 1.42 bits per heavy atom. The minimum absolute atomic E-state index is 0.266. The second-order valence-corrected chi connectivity index (χ2v) is 8.11. The monoisotopic (exact) mass is 423 g/mol. The SMILES string of the molecule is CCC(O)(CC)C(=O)c1ccc2[nH]c3ccc(C(=O)C(O)(CC)CC)cc3c(=O)c2c1. The number of fused-ring (bicyclic) bond motifs is 2. The van der Waals surface area contributed by atoms with Crippen LogP contribution in [-0.4, -0.2) is 38.0 Å². The molecule has 1 aromatic heterocycles. The van der Waals surface area contributed by atoms with Crippen LogP contribution in [0.4, 0.5) is 0 Å². The van der Waals surface area contributed by atoms with Gasteiger partial charge < -0.3 is 15.2 Å². The van der Waals surface area contributed by atoms with Crippen molar-refractivity contribution in [2.24, 2.45) is 0 Å². The number of hydrogen-bond acceptors (Lipinski definition) is 5. The Morgan fingerprint density at radius 1 is 0.742 bits per heavy atom. The number of benzene rings is 2. The molecular formula is C25H29NO5. The molecule has 2 aromatic carbocycles. The molecule has 164 valence electrons. The predicted octanol–water partition coefficient (Wildman–Crippen LogP) is 4.15. The maximum absolute atomic E-state index is 13.2. The van der Waals surface area contributed by atoms with E-state index in [0.29, 0.717) is 21.8 Å². The van der Waals surface area contributed by atoms with Crippen LogP contribution >= 0.6 is 0 Å². The Morgan fingerprint density at radius 2 is 1.10 bits per heavy atom. The molecule has 0 saturated carbocycles. The van der Waals surface area contributed by atoms with Crippen LogP contribution in [0.2, 0.25) is 0 Å². The first kappa shape index (κ1) is 22.8. The lowest BCUT2D eigenvalue weighted by atomic mass is 9.87. The molecule has 0 aliphatic heterocycles. The highest BCUT2D eigenvalue weighted by atomic mass is 16.3. The van der Waals surface area contributed by atoms with Gasteiger partial charge in [0.05, 0.1) is 0 Å². The van der Waals surface area contributed by atoms with E-state index < -0.39 is 22.8 Å². The van der Waals surface area contributed by atoms with Crippen molar-refractivity contribution >= 4 is 33.4 Å². The van der Waals surface area contributed by atoms with Gasteiger partial charge in [-0.05, 0) is 62.1 Å². The summed E-state index contributed by atoms with van der Waals surface area (Å²) in [5, 5.41) is 21.8. The number of aromatic nitrogens is 1. The fourth-order valence-electron chi connectivity index (χ4n) is 3.93. The van der Waals surface area contributed by atoms with Gasteiger partial charge in [0, 0.05) is 32.9 Å². The van der Waals surface area contributed by atoms with Gasteiger partial charge in [0.15, 0.2) is 17.0 Å². The van der Waals surface area contributed by atoms with Gasteiger partial charge in [-0.2, -0.15) is 0 Å². The number of aromatic amines is 1. The van der Waals surface area contributed by atoms with E-state index in [1.54, 1.807) is 52.0 Å². The first-order valence-electron chi connectivity index (χ1n) is 10.8. The zero-order valence-corrected chi connectivity index (χ0v) is 18.4. The molecule has 3 N–H and O–H groups in total. The number of carbonyl (C=O) groups is 2. The van der Waals surface area contributed by atoms with Crippen LogP contribution in [0, 0.1) is 0 Å². The zero-order chi connectivity index (χ0) is 23.0. The van der Waals surface area contributed by atoms with E-state index in [0.717, 1.165) is 0 Å². The van der Waals surface area contributed by atoms with Crippen LogP contribution in [0.25, 0.3) is 21.8 Å². The van der Waals surface area contributed by atoms with Gasteiger partial charge >= 0.3 is 0 Å². The third kappa shape index (κ3) is 3.82. The summed E-state index contributed by atoms with van der Waals surface area (Å²) in [6.07, 6.45) is 1.10. The summed E-state index contributed by atoms with van der Waals surface area (Å²) < 4.78 is 0. The van der Waals surface area contributed by atoms with Crippen molar-refractivity contribution in [2.75, 3.05) is 0 Å². The molecule has 0 unspecified atom stereocenters. The molecule has 31 heavy (non-hydrogen) atoms. The third-order valence-corrected chi connectivity index (χ3v) is 6.51. The molecule has 0 aliphatic rings. The van der Waals surface area contributed by atoms with Gasteiger partial charge in [-0.25, -0.2) is 0 Å². The van der Waals surface area contributed by atoms with E-state index >= 15 is 0 Å². The molecule has 0 spiro atoms. The molecule has 3 rings (SSSR count). The Bertz CT molecular complexity index is 1120. The van der Waals surface area contributed by atoms with Crippen molar-refractivity contribution in [2.45, 2.75) is 64.6 Å². The number of rotatable bonds is 8. The minimum atomic E-state index is -1.47. The molecule has 0 radical (unpaired) electrons. The Labute approximate surface area is 180 Å². The second kappa shape index (κ2) is 8.36. The molecule has 1 heterocycles. The maximum Gasteiger partial charge on any atom is 0.197 e. The number of carbonyl (C=O) groups excluding carboxylic acids is 2. The zero-order valence-electron chi connectivity index (χ0n) is 18.4. The first-order valence-corrected chi connectivity index (χ1v) is 10.8. The fourth-order valence-corrected chi connectivity index (χ4v) is 3.93. The summed E-state index contributed by atoms with van der Waals surface area (Å²) >= 11 is 0. The van der Waals surface area contributed by atoms with E-state index in [4.69, 9.17) is 0 Å². The van der Waals surface area contributed by atoms with Gasteiger partial charge in [0.2, 0.25) is 0 Å². The van der Waals surface area contributed by atoms with Crippen molar-refractivity contribution in [3.05, 3.63) is 57.7 Å². The van der Waals surface area contributed by atoms with Crippen molar-refractivity contribution in [1.29, 1.82) is 0 Å². The van der Waals surface area contributed by atoms with Crippen molar-refractivity contribution in [1.82, 2.24) is 4.98 Å². The highest BCUT2D eigenvalue weighted by Gasteiger charge is 2.34. The topological polar surface area (TPSA) is 107 Å². The first-order chi connectivity index (χ1) is 14.6. The lowest BCUT2D eigenvalue weighted by Crippen LogP contribution is -2.37. The van der Waals surface area contributed by atoms with Crippen molar-refractivity contribution in [3.8, 4) is 0 Å². The lowest BCUT2D eigenvalue weighted by Gasteiger charge is -2.23. The van der Waals surface area contributed by atoms with Crippen LogP contribution in [-0.2, 0) is 0 Å². The molecule has 0 atom stereocenters. The highest BCUT2D eigenvalue weighted by molar-refractivity contribution is 6.07. The maximum atomic E-state index is 13.2. The van der Waals surface area contributed by atoms with E-state index in [2.05, 4.69) is 4.98 Å². The molecule has 0 aliphatic carbocycles. The molecule has 0 saturated heterocycles. The summed E-state index contributed by atoms with van der Waals surface area (Å²) in [7, 11) is 0. The molecule has 0 amide bonds. The summed E-state index contributed by atoms with van der Waals surface area (Å²) in [6.45, 7) is 6.98. The third-order valence-electron chi connectivity index (χ3n) is 6.51. The van der Waals surface area contributed by atoms with Crippen LogP contribution in [0.1, 0.15) is 74.1 Å². The van der Waals surface area contributed by atoms with Crippen LogP contribution in [0.3, 0.4) is 0 Å². The van der Waals surface area contributed by atoms with Crippen LogP contribution in [0.5, 0.6) is 0 Å². The number of pyridine rings is 1. The van der Waals surface area contributed by atoms with Crippen LogP contribution in [0.15, 0.2) is 41.2 Å². The molecule has 0 bridgehead atoms. The van der Waals surface area contributed by atoms with Gasteiger partial charge in [-0.3, -0.25) is 14.4 Å². The van der Waals surface area contributed by atoms with E-state index in [9.17, 15) is 24.6 Å². The van der Waals surface area contributed by atoms with Gasteiger partial charge in [0.25, 0.3) is 0 Å². The Hall–Kier alpha value is -2.83. The fraction of sp³-hybridized carbons (Fsp3) is 0.400. The normalized spacial score (nSPS) is 12.5. The smallest absolute Gasteiger partial charge is 0.197 e. The number of H-pyrrole nitrogens is 1. The molecule has 3 aromatic rings. The Kier molecular flexibility index (Phi) is 6.16. The summed E-state index contributed by atoms with van der Waals surface area (Å²) in [5.74, 6) is -0.836. The summed E-state index contributed by atoms with van der Waals surface area (Å²) in [6, 6.07) is 9.50. The number of Topliss-reactive ketones (excluding diaryl/α,β-unsaturated/α-hetero) is 2. The number of nitrogens with one attached hydrogen (secondary N) is 1. The van der Waals surface area contributed by atoms with E-state index in [1.165, 1.54) is 12.1 Å². The average Bonchev–Trinajstić information content (AvgIpc) is 2.81. The largest absolute Gasteiger partial charge is 0.382 e. The highest BCUT2D eigenvalue weighted by Crippen LogP contribution is 2.26. The van der Waals surface area contributed by atoms with Gasteiger partial charge in [-0.1, -0.05) is 27.7 Å². The number of ketones is 2. The number of hydrogen-bond donors (Lipinski definition) is 3. The quantitative estimate of drug-likeness (QED) is 0.373. The second-order valence-electron chi connectivity index (χ2n) is 8.11. The summed E-state index contributed by atoms with van der Waals surface area (Å²) in [5.41, 5.74) is -1.61. The number of aliphatic hydroxyl groups is 2. The molecule has 6 heteroatoms. The van der Waals surface area contributed by atoms with Gasteiger partial charge in [-0.15, -0.1) is 0 Å². The molecule has 0 fully saturated rings. The summed E-state index contributed by atoms with van der Waals surface area (Å²) in [4.78, 5) is 42.1. The standard InChI is InChI=1S/C25H29NO5/c1-5-24(30,6-2)22(28)15-9-11-19-17(13-15)21(27)18-14-16(10-12-20(18)26-19)23(29)25(31,7-3)8-4/h9-14,30-31H,5-8H2,1-4H3,(H,26,27). The van der Waals surface area contributed by atoms with Crippen LogP contribution < -0.4 is 5.43 Å². The molecular weight excluding hydrogens is 394 g/mol. The lowest BCUT2D eigenvalue weighted by molar-refractivity contribution is 0.0277. The van der Waals surface area contributed by atoms with Crippen molar-refractivity contribution in [3.63, 3.8) is 0 Å². The van der Waals surface area contributed by atoms with E-state index in [-0.39, 0.29) is 42.2 Å². The average molecular weight is 424 g/mol. The van der Waals surface area contributed by atoms with Gasteiger partial charge in [0.1, 0.15) is 11.2 Å². The molecule has 6 nitrogen and oxygen atoms in total. The predicted molar refractivity (Wildman–Crippen MR) is 122 cm³/mol. The minimum Gasteiger partial charge on any atom is -0.382 e.